The van der Waals surface area contributed by atoms with E-state index in [-0.39, 0.29) is 18.0 Å². The second-order valence-electron chi connectivity index (χ2n) is 6.56. The number of nitrogens with zero attached hydrogens (tertiary/aromatic N) is 4. The van der Waals surface area contributed by atoms with Crippen LogP contribution in [-0.2, 0) is 4.79 Å². The van der Waals surface area contributed by atoms with Crippen molar-refractivity contribution in [2.75, 3.05) is 18.4 Å². The van der Waals surface area contributed by atoms with Crippen LogP contribution in [0.5, 0.6) is 11.8 Å². The first-order valence-electron chi connectivity index (χ1n) is 8.99. The molecular formula is C21H18FN5O2. The Bertz CT molecular complexity index is 1040. The number of rotatable bonds is 6. The van der Waals surface area contributed by atoms with Gasteiger partial charge in [0, 0.05) is 55.1 Å². The molecule has 8 heteroatoms. The van der Waals surface area contributed by atoms with Crippen molar-refractivity contribution in [2.45, 2.75) is 6.04 Å². The van der Waals surface area contributed by atoms with Crippen LogP contribution in [0.1, 0.15) is 0 Å². The number of hydrogen-bond donors (Lipinski definition) is 1. The predicted octanol–water partition coefficient (Wildman–Crippen LogP) is 3.28. The standard InChI is InChI=1S/C21H18FN5O2/c1-2-20(28)27-12-18(13-27)26-17-6-14(8-23-11-17)15-9-24-21(25-10-15)29-19-5-3-4-16(22)7-19/h2-11,18,26H,1,12-13H2. The zero-order valence-corrected chi connectivity index (χ0v) is 15.5. The molecule has 0 saturated carbocycles. The number of amides is 1. The third-order valence-corrected chi connectivity index (χ3v) is 4.44. The molecule has 1 aromatic carbocycles. The van der Waals surface area contributed by atoms with E-state index in [1.54, 1.807) is 41.8 Å². The topological polar surface area (TPSA) is 80.2 Å². The average Bonchev–Trinajstić information content (AvgIpc) is 2.71. The number of carbonyl (C=O) groups excluding carboxylic acids is 1. The summed E-state index contributed by atoms with van der Waals surface area (Å²) in [5.74, 6) is -0.124. The van der Waals surface area contributed by atoms with Gasteiger partial charge in [-0.3, -0.25) is 9.78 Å². The summed E-state index contributed by atoms with van der Waals surface area (Å²) < 4.78 is 18.7. The Morgan fingerprint density at radius 3 is 2.69 bits per heavy atom. The highest BCUT2D eigenvalue weighted by Crippen LogP contribution is 2.24. The Morgan fingerprint density at radius 2 is 1.97 bits per heavy atom. The molecule has 1 fully saturated rings. The molecule has 3 aromatic rings. The zero-order chi connectivity index (χ0) is 20.2. The number of ether oxygens (including phenoxy) is 1. The van der Waals surface area contributed by atoms with E-state index in [4.69, 9.17) is 4.74 Å². The number of aromatic nitrogens is 3. The van der Waals surface area contributed by atoms with Crippen molar-refractivity contribution in [3.8, 4) is 22.9 Å². The average molecular weight is 391 g/mol. The fraction of sp³-hybridized carbons (Fsp3) is 0.143. The molecule has 1 saturated heterocycles. The maximum absolute atomic E-state index is 13.2. The van der Waals surface area contributed by atoms with Gasteiger partial charge in [-0.05, 0) is 24.3 Å². The first kappa shape index (κ1) is 18.5. The number of carbonyl (C=O) groups is 1. The first-order chi connectivity index (χ1) is 14.1. The van der Waals surface area contributed by atoms with Crippen molar-refractivity contribution in [3.63, 3.8) is 0 Å². The highest BCUT2D eigenvalue weighted by molar-refractivity contribution is 5.87. The summed E-state index contributed by atoms with van der Waals surface area (Å²) in [6.07, 6.45) is 8.00. The molecule has 0 atom stereocenters. The van der Waals surface area contributed by atoms with Gasteiger partial charge in [-0.1, -0.05) is 12.6 Å². The molecule has 0 spiro atoms. The minimum Gasteiger partial charge on any atom is -0.424 e. The van der Waals surface area contributed by atoms with Crippen molar-refractivity contribution < 1.29 is 13.9 Å². The van der Waals surface area contributed by atoms with Crippen LogP contribution in [0, 0.1) is 5.82 Å². The van der Waals surface area contributed by atoms with Crippen molar-refractivity contribution >= 4 is 11.6 Å². The molecule has 0 bridgehead atoms. The van der Waals surface area contributed by atoms with Crippen LogP contribution in [0.25, 0.3) is 11.1 Å². The third kappa shape index (κ3) is 4.37. The monoisotopic (exact) mass is 391 g/mol. The minimum atomic E-state index is -0.391. The summed E-state index contributed by atoms with van der Waals surface area (Å²) in [5.41, 5.74) is 2.45. The minimum absolute atomic E-state index is 0.0624. The number of anilines is 1. The Kier molecular flexibility index (Phi) is 5.15. The number of pyridine rings is 1. The first-order valence-corrected chi connectivity index (χ1v) is 8.99. The van der Waals surface area contributed by atoms with E-state index in [9.17, 15) is 9.18 Å². The molecule has 0 radical (unpaired) electrons. The molecule has 3 heterocycles. The Balaban J connectivity index is 1.40. The van der Waals surface area contributed by atoms with Crippen molar-refractivity contribution in [1.29, 1.82) is 0 Å². The Hall–Kier alpha value is -3.81. The molecule has 4 rings (SSSR count). The molecule has 1 aliphatic rings. The van der Waals surface area contributed by atoms with Crippen LogP contribution in [-0.4, -0.2) is 44.9 Å². The summed E-state index contributed by atoms with van der Waals surface area (Å²) in [6, 6.07) is 8.03. The molecule has 1 N–H and O–H groups in total. The zero-order valence-electron chi connectivity index (χ0n) is 15.5. The van der Waals surface area contributed by atoms with Crippen LogP contribution < -0.4 is 10.1 Å². The van der Waals surface area contributed by atoms with Gasteiger partial charge in [0.05, 0.1) is 11.7 Å². The van der Waals surface area contributed by atoms with Gasteiger partial charge in [-0.15, -0.1) is 0 Å². The van der Waals surface area contributed by atoms with Gasteiger partial charge in [-0.2, -0.15) is 0 Å². The summed E-state index contributed by atoms with van der Waals surface area (Å²) in [4.78, 5) is 25.8. The van der Waals surface area contributed by atoms with E-state index < -0.39 is 5.82 Å². The summed E-state index contributed by atoms with van der Waals surface area (Å²) in [5, 5.41) is 3.36. The van der Waals surface area contributed by atoms with E-state index >= 15 is 0 Å². The number of nitrogens with one attached hydrogen (secondary N) is 1. The molecular weight excluding hydrogens is 373 g/mol. The maximum atomic E-state index is 13.2. The molecule has 0 aliphatic carbocycles. The quantitative estimate of drug-likeness (QED) is 0.650. The van der Waals surface area contributed by atoms with Gasteiger partial charge in [0.2, 0.25) is 5.91 Å². The van der Waals surface area contributed by atoms with Crippen molar-refractivity contribution in [3.05, 3.63) is 73.6 Å². The number of hydrogen-bond acceptors (Lipinski definition) is 6. The highest BCUT2D eigenvalue weighted by Gasteiger charge is 2.29. The Morgan fingerprint density at radius 1 is 1.17 bits per heavy atom. The van der Waals surface area contributed by atoms with E-state index in [0.29, 0.717) is 18.8 Å². The SMILES string of the molecule is C=CC(=O)N1CC(Nc2cncc(-c3cnc(Oc4cccc(F)c4)nc3)c2)C1. The maximum Gasteiger partial charge on any atom is 0.321 e. The van der Waals surface area contributed by atoms with Gasteiger partial charge in [-0.25, -0.2) is 14.4 Å². The molecule has 146 valence electrons. The molecule has 1 aliphatic heterocycles. The third-order valence-electron chi connectivity index (χ3n) is 4.44. The lowest BCUT2D eigenvalue weighted by atomic mass is 10.1. The van der Waals surface area contributed by atoms with Crippen molar-refractivity contribution in [1.82, 2.24) is 19.9 Å². The largest absolute Gasteiger partial charge is 0.424 e. The van der Waals surface area contributed by atoms with Crippen LogP contribution in [0.3, 0.4) is 0 Å². The lowest BCUT2D eigenvalue weighted by Crippen LogP contribution is -2.56. The smallest absolute Gasteiger partial charge is 0.321 e. The van der Waals surface area contributed by atoms with Crippen molar-refractivity contribution in [2.24, 2.45) is 0 Å². The normalized spacial score (nSPS) is 13.5. The summed E-state index contributed by atoms with van der Waals surface area (Å²) >= 11 is 0. The second kappa shape index (κ2) is 8.05. The van der Waals surface area contributed by atoms with E-state index in [1.807, 2.05) is 6.07 Å². The predicted molar refractivity (Wildman–Crippen MR) is 106 cm³/mol. The molecule has 1 amide bonds. The molecule has 0 unspecified atom stereocenters. The van der Waals surface area contributed by atoms with Crippen LogP contribution in [0.15, 0.2) is 67.8 Å². The summed E-state index contributed by atoms with van der Waals surface area (Å²) in [6.45, 7) is 4.75. The second-order valence-corrected chi connectivity index (χ2v) is 6.56. The molecule has 2 aromatic heterocycles. The van der Waals surface area contributed by atoms with Gasteiger partial charge in [0.25, 0.3) is 0 Å². The van der Waals surface area contributed by atoms with Gasteiger partial charge in [0.1, 0.15) is 11.6 Å². The lowest BCUT2D eigenvalue weighted by molar-refractivity contribution is -0.129. The van der Waals surface area contributed by atoms with E-state index in [1.165, 1.54) is 18.2 Å². The molecule has 7 nitrogen and oxygen atoms in total. The van der Waals surface area contributed by atoms with E-state index in [2.05, 4.69) is 26.8 Å². The fourth-order valence-electron chi connectivity index (χ4n) is 2.95. The number of benzene rings is 1. The van der Waals surface area contributed by atoms with Gasteiger partial charge in [0.15, 0.2) is 0 Å². The lowest BCUT2D eigenvalue weighted by Gasteiger charge is -2.39. The highest BCUT2D eigenvalue weighted by atomic mass is 19.1. The van der Waals surface area contributed by atoms with Crippen LogP contribution in [0.4, 0.5) is 10.1 Å². The Labute approximate surface area is 166 Å². The van der Waals surface area contributed by atoms with E-state index in [0.717, 1.165) is 16.8 Å². The number of halogens is 1. The molecule has 29 heavy (non-hydrogen) atoms. The van der Waals surface area contributed by atoms with Crippen LogP contribution in [0.2, 0.25) is 0 Å². The summed E-state index contributed by atoms with van der Waals surface area (Å²) in [7, 11) is 0. The van der Waals surface area contributed by atoms with Gasteiger partial charge >= 0.3 is 6.01 Å². The number of likely N-dealkylation sites (tertiary alicyclic amines) is 1. The van der Waals surface area contributed by atoms with Crippen LogP contribution >= 0.6 is 0 Å². The van der Waals surface area contributed by atoms with Gasteiger partial charge < -0.3 is 15.0 Å². The fourth-order valence-corrected chi connectivity index (χ4v) is 2.95.